The number of carbonyl (C=O) groups excluding carboxylic acids is 2. The van der Waals surface area contributed by atoms with Gasteiger partial charge in [0.1, 0.15) is 6.61 Å². The summed E-state index contributed by atoms with van der Waals surface area (Å²) in [6, 6.07) is -0.131. The zero-order valence-electron chi connectivity index (χ0n) is 13.5. The number of hydrogen-bond acceptors (Lipinski definition) is 3. The number of amides is 2. The van der Waals surface area contributed by atoms with Crippen LogP contribution in [0.2, 0.25) is 0 Å². The Kier molecular flexibility index (Phi) is 5.37. The number of carbonyl (C=O) groups is 2. The van der Waals surface area contributed by atoms with Crippen LogP contribution in [0.25, 0.3) is 0 Å². The normalized spacial score (nSPS) is 21.6. The topological polar surface area (TPSA) is 46.6 Å². The van der Waals surface area contributed by atoms with Gasteiger partial charge < -0.3 is 4.74 Å². The Morgan fingerprint density at radius 3 is 2.50 bits per heavy atom. The lowest BCUT2D eigenvalue weighted by molar-refractivity contribution is -0.130. The molecule has 4 heteroatoms. The second-order valence-electron chi connectivity index (χ2n) is 7.06. The summed E-state index contributed by atoms with van der Waals surface area (Å²) in [6.45, 7) is 12.6. The molecule has 0 spiro atoms. The van der Waals surface area contributed by atoms with E-state index >= 15 is 0 Å². The second kappa shape index (κ2) is 6.42. The fraction of sp³-hybridized carbons (Fsp3) is 0.750. The molecule has 1 aliphatic heterocycles. The van der Waals surface area contributed by atoms with Crippen LogP contribution in [-0.4, -0.2) is 29.5 Å². The van der Waals surface area contributed by atoms with Gasteiger partial charge >= 0.3 is 6.09 Å². The molecule has 4 nitrogen and oxygen atoms in total. The van der Waals surface area contributed by atoms with Crippen molar-refractivity contribution in [1.29, 1.82) is 0 Å². The van der Waals surface area contributed by atoms with Gasteiger partial charge in [0.15, 0.2) is 0 Å². The van der Waals surface area contributed by atoms with E-state index in [-0.39, 0.29) is 29.2 Å². The number of allylic oxidation sites excluding steroid dienone is 2. The van der Waals surface area contributed by atoms with Crippen molar-refractivity contribution in [3.63, 3.8) is 0 Å². The molecule has 1 heterocycles. The maximum Gasteiger partial charge on any atom is 0.416 e. The lowest BCUT2D eigenvalue weighted by Gasteiger charge is -2.23. The van der Waals surface area contributed by atoms with Crippen molar-refractivity contribution in [1.82, 2.24) is 4.90 Å². The minimum absolute atomic E-state index is 0.102. The predicted octanol–water partition coefficient (Wildman–Crippen LogP) is 3.62. The number of hydrogen-bond donors (Lipinski definition) is 0. The van der Waals surface area contributed by atoms with Crippen LogP contribution in [0.15, 0.2) is 12.2 Å². The summed E-state index contributed by atoms with van der Waals surface area (Å²) < 4.78 is 5.00. The SMILES string of the molecule is CC(/C=C/C(C)(C)C)CC(=O)N1C(=O)OC[C@@H]1C(C)C. The Morgan fingerprint density at radius 1 is 1.40 bits per heavy atom. The molecule has 1 unspecified atom stereocenters. The monoisotopic (exact) mass is 281 g/mol. The summed E-state index contributed by atoms with van der Waals surface area (Å²) in [4.78, 5) is 25.3. The van der Waals surface area contributed by atoms with Gasteiger partial charge in [0.05, 0.1) is 6.04 Å². The summed E-state index contributed by atoms with van der Waals surface area (Å²) in [5.74, 6) is 0.186. The molecule has 1 aliphatic rings. The largest absolute Gasteiger partial charge is 0.447 e. The standard InChI is InChI=1S/C16H27NO3/c1-11(2)13-10-20-15(19)17(13)14(18)9-12(3)7-8-16(4,5)6/h7-8,11-13H,9-10H2,1-6H3/b8-7+/t12?,13-/m1/s1. The van der Waals surface area contributed by atoms with Crippen molar-refractivity contribution in [2.75, 3.05) is 6.61 Å². The van der Waals surface area contributed by atoms with Crippen LogP contribution in [0.5, 0.6) is 0 Å². The molecule has 0 aliphatic carbocycles. The highest BCUT2D eigenvalue weighted by atomic mass is 16.6. The van der Waals surface area contributed by atoms with Gasteiger partial charge in [-0.2, -0.15) is 0 Å². The first-order chi connectivity index (χ1) is 9.11. The first-order valence-corrected chi connectivity index (χ1v) is 7.30. The molecular weight excluding hydrogens is 254 g/mol. The van der Waals surface area contributed by atoms with Crippen LogP contribution in [0.1, 0.15) is 48.0 Å². The molecule has 2 atom stereocenters. The maximum absolute atomic E-state index is 12.3. The fourth-order valence-corrected chi connectivity index (χ4v) is 2.11. The summed E-state index contributed by atoms with van der Waals surface area (Å²) in [5, 5.41) is 0. The summed E-state index contributed by atoms with van der Waals surface area (Å²) >= 11 is 0. The number of rotatable bonds is 4. The number of imide groups is 1. The molecule has 20 heavy (non-hydrogen) atoms. The third-order valence-electron chi connectivity index (χ3n) is 3.37. The van der Waals surface area contributed by atoms with Crippen molar-refractivity contribution >= 4 is 12.0 Å². The Labute approximate surface area is 122 Å². The van der Waals surface area contributed by atoms with Gasteiger partial charge in [0.2, 0.25) is 5.91 Å². The quantitative estimate of drug-likeness (QED) is 0.739. The molecule has 2 amide bonds. The Hall–Kier alpha value is -1.32. The molecule has 0 aromatic rings. The molecule has 0 radical (unpaired) electrons. The van der Waals surface area contributed by atoms with Crippen molar-refractivity contribution in [3.8, 4) is 0 Å². The molecule has 0 aromatic carbocycles. The summed E-state index contributed by atoms with van der Waals surface area (Å²) in [6.07, 6.45) is 3.99. The third kappa shape index (κ3) is 4.66. The predicted molar refractivity (Wildman–Crippen MR) is 79.2 cm³/mol. The third-order valence-corrected chi connectivity index (χ3v) is 3.37. The first kappa shape index (κ1) is 16.7. The second-order valence-corrected chi connectivity index (χ2v) is 7.06. The summed E-state index contributed by atoms with van der Waals surface area (Å²) in [5.41, 5.74) is 0.102. The Bertz CT molecular complexity index is 393. The van der Waals surface area contributed by atoms with Crippen molar-refractivity contribution in [3.05, 3.63) is 12.2 Å². The molecule has 0 saturated carbocycles. The zero-order valence-corrected chi connectivity index (χ0v) is 13.5. The highest BCUT2D eigenvalue weighted by Gasteiger charge is 2.39. The van der Waals surface area contributed by atoms with Crippen molar-refractivity contribution < 1.29 is 14.3 Å². The van der Waals surface area contributed by atoms with E-state index < -0.39 is 6.09 Å². The summed E-state index contributed by atoms with van der Waals surface area (Å²) in [7, 11) is 0. The number of ether oxygens (including phenoxy) is 1. The van der Waals surface area contributed by atoms with Gasteiger partial charge in [-0.05, 0) is 17.3 Å². The highest BCUT2D eigenvalue weighted by molar-refractivity contribution is 5.93. The van der Waals surface area contributed by atoms with E-state index in [1.54, 1.807) is 0 Å². The van der Waals surface area contributed by atoms with E-state index in [0.717, 1.165) is 0 Å². The van der Waals surface area contributed by atoms with Crippen LogP contribution in [0, 0.1) is 17.3 Å². The smallest absolute Gasteiger partial charge is 0.416 e. The van der Waals surface area contributed by atoms with Crippen LogP contribution in [-0.2, 0) is 9.53 Å². The molecule has 0 N–H and O–H groups in total. The lowest BCUT2D eigenvalue weighted by atomic mass is 9.93. The average molecular weight is 281 g/mol. The number of nitrogens with zero attached hydrogens (tertiary/aromatic N) is 1. The molecule has 1 saturated heterocycles. The van der Waals surface area contributed by atoms with E-state index in [1.807, 2.05) is 26.8 Å². The van der Waals surface area contributed by atoms with Gasteiger partial charge in [-0.1, -0.05) is 53.7 Å². The fourth-order valence-electron chi connectivity index (χ4n) is 2.11. The molecule has 1 fully saturated rings. The van der Waals surface area contributed by atoms with Gasteiger partial charge in [-0.25, -0.2) is 9.69 Å². The van der Waals surface area contributed by atoms with Gasteiger partial charge in [-0.15, -0.1) is 0 Å². The highest BCUT2D eigenvalue weighted by Crippen LogP contribution is 2.23. The van der Waals surface area contributed by atoms with Gasteiger partial charge in [0, 0.05) is 6.42 Å². The maximum atomic E-state index is 12.3. The minimum Gasteiger partial charge on any atom is -0.447 e. The Morgan fingerprint density at radius 2 is 2.00 bits per heavy atom. The van der Waals surface area contributed by atoms with Crippen LogP contribution >= 0.6 is 0 Å². The molecule has 114 valence electrons. The van der Waals surface area contributed by atoms with E-state index in [4.69, 9.17) is 4.74 Å². The van der Waals surface area contributed by atoms with Crippen molar-refractivity contribution in [2.24, 2.45) is 17.3 Å². The molecule has 1 rings (SSSR count). The molecular formula is C16H27NO3. The molecule has 0 aromatic heterocycles. The van der Waals surface area contributed by atoms with E-state index in [9.17, 15) is 9.59 Å². The Balaban J connectivity index is 2.65. The minimum atomic E-state index is -0.499. The molecule has 0 bridgehead atoms. The first-order valence-electron chi connectivity index (χ1n) is 7.30. The van der Waals surface area contributed by atoms with Crippen LogP contribution in [0.4, 0.5) is 4.79 Å². The zero-order chi connectivity index (χ0) is 15.5. The van der Waals surface area contributed by atoms with Crippen LogP contribution in [0.3, 0.4) is 0 Å². The number of cyclic esters (lactones) is 1. The lowest BCUT2D eigenvalue weighted by Crippen LogP contribution is -2.42. The van der Waals surface area contributed by atoms with E-state index in [2.05, 4.69) is 26.8 Å². The van der Waals surface area contributed by atoms with E-state index in [1.165, 1.54) is 4.90 Å². The van der Waals surface area contributed by atoms with Gasteiger partial charge in [-0.3, -0.25) is 4.79 Å². The van der Waals surface area contributed by atoms with E-state index in [0.29, 0.717) is 13.0 Å². The average Bonchev–Trinajstić information content (AvgIpc) is 2.67. The van der Waals surface area contributed by atoms with Gasteiger partial charge in [0.25, 0.3) is 0 Å². The van der Waals surface area contributed by atoms with Crippen LogP contribution < -0.4 is 0 Å². The van der Waals surface area contributed by atoms with Crippen molar-refractivity contribution in [2.45, 2.75) is 54.0 Å².